The molecule has 10 rings (SSSR count). The Morgan fingerprint density at radius 3 is 1.28 bits per heavy atom. The number of hydrogen-bond acceptors (Lipinski definition) is 2. The fourth-order valence-corrected chi connectivity index (χ4v) is 9.06. The summed E-state index contributed by atoms with van der Waals surface area (Å²) in [5, 5.41) is 24.4. The van der Waals surface area contributed by atoms with Gasteiger partial charge in [0.25, 0.3) is 0 Å². The van der Waals surface area contributed by atoms with Gasteiger partial charge in [0.05, 0.1) is 56.2 Å². The van der Waals surface area contributed by atoms with Gasteiger partial charge in [-0.15, -0.1) is 0 Å². The number of fused-ring (bicyclic) bond motifs is 6. The molecule has 0 bridgehead atoms. The summed E-state index contributed by atoms with van der Waals surface area (Å²) in [5.74, 6) is 0. The number of nitrogens with zero attached hydrogens (tertiary/aromatic N) is 4. The first-order chi connectivity index (χ1) is 30.7. The van der Waals surface area contributed by atoms with Crippen LogP contribution < -0.4 is 0 Å². The molecule has 64 heavy (non-hydrogen) atoms. The van der Waals surface area contributed by atoms with E-state index in [1.807, 2.05) is 100 Å². The molecular weight excluding hydrogens is 819 g/mol. The minimum absolute atomic E-state index is 0.306. The van der Waals surface area contributed by atoms with E-state index in [0.29, 0.717) is 72.5 Å². The van der Waals surface area contributed by atoms with E-state index in [1.54, 1.807) is 56.3 Å². The maximum absolute atomic E-state index is 14.0. The van der Waals surface area contributed by atoms with Crippen LogP contribution in [-0.2, 0) is 12.4 Å². The van der Waals surface area contributed by atoms with Crippen molar-refractivity contribution in [1.82, 2.24) is 9.13 Å². The quantitative estimate of drug-likeness (QED) is 0.162. The first-order valence-electron chi connectivity index (χ1n) is 20.2. The Bertz CT molecular complexity index is 3450. The van der Waals surface area contributed by atoms with Gasteiger partial charge >= 0.3 is 12.4 Å². The van der Waals surface area contributed by atoms with E-state index in [9.17, 15) is 36.9 Å². The van der Waals surface area contributed by atoms with Crippen molar-refractivity contribution in [2.45, 2.75) is 26.2 Å². The number of hydrogen-bond donors (Lipinski definition) is 0. The van der Waals surface area contributed by atoms with Gasteiger partial charge in [-0.1, -0.05) is 72.8 Å². The maximum atomic E-state index is 14.0. The summed E-state index contributed by atoms with van der Waals surface area (Å²) in [5.41, 5.74) is 7.64. The minimum Gasteiger partial charge on any atom is -0.308 e. The molecule has 2 aromatic heterocycles. The van der Waals surface area contributed by atoms with E-state index in [-0.39, 0.29) is 0 Å². The molecule has 0 saturated heterocycles. The van der Waals surface area contributed by atoms with Crippen LogP contribution in [-0.4, -0.2) is 9.13 Å². The number of nitriles is 2. The number of aryl methyl sites for hydroxylation is 2. The monoisotopic (exact) mass is 850 g/mol. The molecule has 310 valence electrons. The number of para-hydroxylation sites is 2. The molecule has 0 radical (unpaired) electrons. The molecular formula is C54H32F6N4. The Hall–Kier alpha value is -8.08. The van der Waals surface area contributed by atoms with E-state index in [2.05, 4.69) is 12.1 Å². The van der Waals surface area contributed by atoms with Crippen LogP contribution in [0.5, 0.6) is 0 Å². The number of benzene rings is 8. The molecule has 0 saturated carbocycles. The number of aromatic nitrogens is 2. The molecule has 0 atom stereocenters. The second-order valence-corrected chi connectivity index (χ2v) is 16.0. The van der Waals surface area contributed by atoms with E-state index in [4.69, 9.17) is 0 Å². The van der Waals surface area contributed by atoms with Gasteiger partial charge in [0.15, 0.2) is 0 Å². The highest BCUT2D eigenvalue weighted by molar-refractivity contribution is 6.12. The topological polar surface area (TPSA) is 57.4 Å². The highest BCUT2D eigenvalue weighted by Crippen LogP contribution is 2.43. The van der Waals surface area contributed by atoms with Crippen LogP contribution in [0.4, 0.5) is 26.3 Å². The predicted molar refractivity (Wildman–Crippen MR) is 240 cm³/mol. The molecule has 0 aliphatic rings. The van der Waals surface area contributed by atoms with Gasteiger partial charge in [-0.2, -0.15) is 36.9 Å². The van der Waals surface area contributed by atoms with Crippen LogP contribution in [0.1, 0.15) is 33.4 Å². The molecule has 10 aromatic rings. The van der Waals surface area contributed by atoms with Gasteiger partial charge in [-0.3, -0.25) is 0 Å². The van der Waals surface area contributed by atoms with Gasteiger partial charge in [0, 0.05) is 21.5 Å². The van der Waals surface area contributed by atoms with Crippen LogP contribution in [0.3, 0.4) is 0 Å². The molecule has 0 N–H and O–H groups in total. The Morgan fingerprint density at radius 2 is 0.828 bits per heavy atom. The van der Waals surface area contributed by atoms with Crippen LogP contribution in [0.25, 0.3) is 88.4 Å². The third-order valence-corrected chi connectivity index (χ3v) is 11.8. The molecule has 0 amide bonds. The molecule has 0 aliphatic carbocycles. The van der Waals surface area contributed by atoms with Gasteiger partial charge in [0.2, 0.25) is 0 Å². The van der Waals surface area contributed by atoms with Crippen LogP contribution in [0, 0.1) is 36.5 Å². The van der Waals surface area contributed by atoms with Crippen LogP contribution in [0.2, 0.25) is 0 Å². The largest absolute Gasteiger partial charge is 0.416 e. The van der Waals surface area contributed by atoms with Gasteiger partial charge in [-0.25, -0.2) is 0 Å². The molecule has 10 heteroatoms. The lowest BCUT2D eigenvalue weighted by Gasteiger charge is -2.18. The summed E-state index contributed by atoms with van der Waals surface area (Å²) >= 11 is 0. The summed E-state index contributed by atoms with van der Waals surface area (Å²) in [7, 11) is 0. The molecule has 2 heterocycles. The highest BCUT2D eigenvalue weighted by Gasteiger charge is 2.32. The second-order valence-electron chi connectivity index (χ2n) is 16.0. The number of halogens is 6. The van der Waals surface area contributed by atoms with Crippen molar-refractivity contribution in [2.24, 2.45) is 0 Å². The SMILES string of the molecule is Cc1cc(-c2ccc3c(c2)c2ccccc2n3-c2cc(-c3cccc(C#N)c3)cc(-n3c4ccccc4c4cc(-c5cc(C)cc(C(F)(F)F)c5)ccc43)c2C#N)cc(C(F)(F)F)c1. The van der Waals surface area contributed by atoms with E-state index >= 15 is 0 Å². The third-order valence-electron chi connectivity index (χ3n) is 11.8. The fraction of sp³-hybridized carbons (Fsp3) is 0.0741. The Balaban J connectivity index is 1.26. The first kappa shape index (κ1) is 40.0. The first-order valence-corrected chi connectivity index (χ1v) is 20.2. The number of rotatable bonds is 5. The van der Waals surface area contributed by atoms with Crippen molar-refractivity contribution < 1.29 is 26.3 Å². The van der Waals surface area contributed by atoms with Gasteiger partial charge < -0.3 is 9.13 Å². The second kappa shape index (κ2) is 14.8. The summed E-state index contributed by atoms with van der Waals surface area (Å²) in [6.45, 7) is 3.27. The smallest absolute Gasteiger partial charge is 0.308 e. The van der Waals surface area contributed by atoms with E-state index in [0.717, 1.165) is 62.4 Å². The van der Waals surface area contributed by atoms with E-state index < -0.39 is 23.5 Å². The Kier molecular flexibility index (Phi) is 9.25. The lowest BCUT2D eigenvalue weighted by Crippen LogP contribution is -2.06. The normalized spacial score (nSPS) is 12.0. The molecule has 0 unspecified atom stereocenters. The third kappa shape index (κ3) is 6.72. The van der Waals surface area contributed by atoms with Crippen molar-refractivity contribution in [1.29, 1.82) is 10.5 Å². The van der Waals surface area contributed by atoms with Crippen molar-refractivity contribution in [3.8, 4) is 56.9 Å². The minimum atomic E-state index is -4.52. The van der Waals surface area contributed by atoms with Crippen molar-refractivity contribution in [2.75, 3.05) is 0 Å². The van der Waals surface area contributed by atoms with Crippen molar-refractivity contribution in [3.63, 3.8) is 0 Å². The summed E-state index contributed by atoms with van der Waals surface area (Å²) in [6, 6.07) is 50.1. The van der Waals surface area contributed by atoms with E-state index in [1.165, 1.54) is 0 Å². The molecule has 0 fully saturated rings. The summed E-state index contributed by atoms with van der Waals surface area (Å²) in [6.07, 6.45) is -9.05. The maximum Gasteiger partial charge on any atom is 0.416 e. The zero-order chi connectivity index (χ0) is 44.7. The van der Waals surface area contributed by atoms with Gasteiger partial charge in [-0.05, 0) is 143 Å². The van der Waals surface area contributed by atoms with Gasteiger partial charge in [0.1, 0.15) is 11.6 Å². The molecule has 0 spiro atoms. The van der Waals surface area contributed by atoms with Crippen LogP contribution in [0.15, 0.2) is 158 Å². The summed E-state index contributed by atoms with van der Waals surface area (Å²) < 4.78 is 87.8. The standard InChI is InChI=1S/C54H32F6N4/c1-31-18-37(23-40(20-31)53(55,56)57)35-14-16-49-44(25-35)42-10-3-5-12-47(42)63(49)51-27-39(34-9-7-8-33(22-34)29-61)28-52(46(51)30-62)64-48-13-6-4-11-43(48)45-26-36(15-17-50(45)64)38-19-32(2)21-41(24-38)54(58,59)60/h3-28H,1-2H3. The lowest BCUT2D eigenvalue weighted by atomic mass is 9.98. The Morgan fingerprint density at radius 1 is 0.391 bits per heavy atom. The average Bonchev–Trinajstić information content (AvgIpc) is 3.79. The Labute approximate surface area is 362 Å². The number of alkyl halides is 6. The van der Waals surface area contributed by atoms with Crippen molar-refractivity contribution >= 4 is 43.6 Å². The summed E-state index contributed by atoms with van der Waals surface area (Å²) in [4.78, 5) is 0. The predicted octanol–water partition coefficient (Wildman–Crippen LogP) is 15.3. The fourth-order valence-electron chi connectivity index (χ4n) is 9.06. The zero-order valence-corrected chi connectivity index (χ0v) is 34.1. The lowest BCUT2D eigenvalue weighted by molar-refractivity contribution is -0.138. The molecule has 4 nitrogen and oxygen atoms in total. The zero-order valence-electron chi connectivity index (χ0n) is 34.1. The van der Waals surface area contributed by atoms with Crippen LogP contribution >= 0.6 is 0 Å². The van der Waals surface area contributed by atoms with Crippen molar-refractivity contribution in [3.05, 3.63) is 191 Å². The molecule has 8 aromatic carbocycles. The molecule has 0 aliphatic heterocycles. The highest BCUT2D eigenvalue weighted by atomic mass is 19.4. The average molecular weight is 851 g/mol.